The fourth-order valence-electron chi connectivity index (χ4n) is 3.28. The maximum absolute atomic E-state index is 12.7. The number of thiazole rings is 1. The van der Waals surface area contributed by atoms with Gasteiger partial charge in [-0.25, -0.2) is 4.98 Å². The Labute approximate surface area is 167 Å². The zero-order valence-corrected chi connectivity index (χ0v) is 16.4. The number of furan rings is 1. The molecule has 0 unspecified atom stereocenters. The number of carbonyl (C=O) groups is 3. The fourth-order valence-corrected chi connectivity index (χ4v) is 3.82. The normalized spacial score (nSPS) is 14.0. The molecule has 0 atom stereocenters. The van der Waals surface area contributed by atoms with E-state index >= 15 is 0 Å². The Morgan fingerprint density at radius 1 is 1.21 bits per heavy atom. The average Bonchev–Trinajstić information content (AvgIpc) is 3.45. The van der Waals surface area contributed by atoms with Crippen molar-refractivity contribution in [3.63, 3.8) is 0 Å². The first kappa shape index (κ1) is 20.1. The maximum atomic E-state index is 12.7. The number of nitrogens with zero attached hydrogens (tertiary/aromatic N) is 2. The molecule has 0 spiro atoms. The summed E-state index contributed by atoms with van der Waals surface area (Å²) >= 11 is 1.33. The molecule has 0 saturated heterocycles. The molecule has 1 fully saturated rings. The van der Waals surface area contributed by atoms with E-state index in [1.54, 1.807) is 34.9 Å². The number of hydrogen-bond acceptors (Lipinski definition) is 6. The van der Waals surface area contributed by atoms with Crippen LogP contribution in [0.5, 0.6) is 0 Å². The highest BCUT2D eigenvalue weighted by molar-refractivity contribution is 7.13. The summed E-state index contributed by atoms with van der Waals surface area (Å²) < 4.78 is 5.20. The molecule has 0 aromatic carbocycles. The van der Waals surface area contributed by atoms with Crippen molar-refractivity contribution >= 4 is 34.2 Å². The number of aromatic nitrogens is 1. The van der Waals surface area contributed by atoms with Crippen molar-refractivity contribution in [2.75, 3.05) is 11.9 Å². The van der Waals surface area contributed by atoms with Crippen LogP contribution in [0, 0.1) is 0 Å². The molecule has 2 aromatic heterocycles. The van der Waals surface area contributed by atoms with E-state index in [0.717, 1.165) is 25.7 Å². The van der Waals surface area contributed by atoms with Gasteiger partial charge in [0.15, 0.2) is 5.13 Å². The molecule has 150 valence electrons. The molecule has 28 heavy (non-hydrogen) atoms. The second-order valence-corrected chi connectivity index (χ2v) is 7.60. The first-order valence-corrected chi connectivity index (χ1v) is 10.3. The maximum Gasteiger partial charge on any atom is 0.240 e. The van der Waals surface area contributed by atoms with Gasteiger partial charge in [0.2, 0.25) is 17.7 Å². The summed E-state index contributed by atoms with van der Waals surface area (Å²) in [6.45, 7) is 0.285. The molecule has 2 aromatic rings. The van der Waals surface area contributed by atoms with E-state index in [1.807, 2.05) is 0 Å². The van der Waals surface area contributed by atoms with Crippen molar-refractivity contribution in [1.29, 1.82) is 0 Å². The Balaban J connectivity index is 1.50. The molecule has 9 heteroatoms. The highest BCUT2D eigenvalue weighted by Crippen LogP contribution is 2.24. The molecular weight excluding hydrogens is 380 g/mol. The predicted molar refractivity (Wildman–Crippen MR) is 105 cm³/mol. The largest absolute Gasteiger partial charge is 0.467 e. The topological polar surface area (TPSA) is 105 Å². The zero-order valence-electron chi connectivity index (χ0n) is 15.6. The first-order chi connectivity index (χ1) is 13.6. The second kappa shape index (κ2) is 10.0. The van der Waals surface area contributed by atoms with Crippen LogP contribution in [0.25, 0.3) is 0 Å². The molecule has 3 amide bonds. The minimum absolute atomic E-state index is 0.00168. The molecule has 2 heterocycles. The first-order valence-electron chi connectivity index (χ1n) is 9.39. The summed E-state index contributed by atoms with van der Waals surface area (Å²) in [4.78, 5) is 42.7. The van der Waals surface area contributed by atoms with Crippen LogP contribution in [-0.2, 0) is 20.9 Å². The van der Waals surface area contributed by atoms with Gasteiger partial charge in [-0.05, 0) is 25.0 Å². The van der Waals surface area contributed by atoms with Gasteiger partial charge >= 0.3 is 0 Å². The Hall–Kier alpha value is -2.68. The summed E-state index contributed by atoms with van der Waals surface area (Å²) in [5.74, 6) is 0.00104. The van der Waals surface area contributed by atoms with Crippen molar-refractivity contribution in [3.8, 4) is 0 Å². The minimum Gasteiger partial charge on any atom is -0.467 e. The van der Waals surface area contributed by atoms with Gasteiger partial charge in [0.05, 0.1) is 19.4 Å². The smallest absolute Gasteiger partial charge is 0.240 e. The lowest BCUT2D eigenvalue weighted by molar-refractivity contribution is -0.139. The Kier molecular flexibility index (Phi) is 7.18. The molecule has 3 rings (SSSR count). The van der Waals surface area contributed by atoms with Gasteiger partial charge in [-0.3, -0.25) is 14.4 Å². The van der Waals surface area contributed by atoms with Gasteiger partial charge in [-0.2, -0.15) is 0 Å². The van der Waals surface area contributed by atoms with E-state index in [1.165, 1.54) is 11.3 Å². The molecule has 1 aliphatic carbocycles. The zero-order chi connectivity index (χ0) is 19.8. The van der Waals surface area contributed by atoms with Gasteiger partial charge in [-0.15, -0.1) is 11.3 Å². The number of rotatable bonds is 9. The van der Waals surface area contributed by atoms with E-state index in [9.17, 15) is 14.4 Å². The quantitative estimate of drug-likeness (QED) is 0.668. The van der Waals surface area contributed by atoms with Crippen molar-refractivity contribution < 1.29 is 18.8 Å². The van der Waals surface area contributed by atoms with Crippen molar-refractivity contribution in [2.45, 2.75) is 51.1 Å². The number of amides is 3. The summed E-state index contributed by atoms with van der Waals surface area (Å²) in [7, 11) is 0. The Morgan fingerprint density at radius 2 is 2.04 bits per heavy atom. The molecule has 2 N–H and O–H groups in total. The van der Waals surface area contributed by atoms with Gasteiger partial charge in [-0.1, -0.05) is 12.8 Å². The van der Waals surface area contributed by atoms with E-state index in [4.69, 9.17) is 4.42 Å². The lowest BCUT2D eigenvalue weighted by atomic mass is 10.1. The lowest BCUT2D eigenvalue weighted by Crippen LogP contribution is -2.45. The third-order valence-corrected chi connectivity index (χ3v) is 5.37. The number of anilines is 1. The third kappa shape index (κ3) is 5.91. The van der Waals surface area contributed by atoms with Crippen LogP contribution in [-0.4, -0.2) is 40.2 Å². The van der Waals surface area contributed by atoms with Gasteiger partial charge in [0.1, 0.15) is 5.76 Å². The SMILES string of the molecule is O=C(CN(C(=O)CCC(=O)Nc1nccs1)C1CCCC1)NCc1ccco1. The second-order valence-electron chi connectivity index (χ2n) is 6.70. The highest BCUT2D eigenvalue weighted by atomic mass is 32.1. The Bertz CT molecular complexity index is 770. The van der Waals surface area contributed by atoms with Crippen LogP contribution < -0.4 is 10.6 Å². The van der Waals surface area contributed by atoms with Crippen LogP contribution in [0.4, 0.5) is 5.13 Å². The van der Waals surface area contributed by atoms with Crippen LogP contribution in [0.2, 0.25) is 0 Å². The van der Waals surface area contributed by atoms with Crippen molar-refractivity contribution in [1.82, 2.24) is 15.2 Å². The highest BCUT2D eigenvalue weighted by Gasteiger charge is 2.28. The van der Waals surface area contributed by atoms with Crippen LogP contribution in [0.1, 0.15) is 44.3 Å². The number of carbonyl (C=O) groups excluding carboxylic acids is 3. The minimum atomic E-state index is -0.253. The van der Waals surface area contributed by atoms with Crippen molar-refractivity contribution in [2.24, 2.45) is 0 Å². The predicted octanol–water partition coefficient (Wildman–Crippen LogP) is 2.54. The molecule has 0 radical (unpaired) electrons. The standard InChI is InChI=1S/C19H24N4O4S/c24-16(22-19-20-9-11-28-19)7-8-18(26)23(14-4-1-2-5-14)13-17(25)21-12-15-6-3-10-27-15/h3,6,9-11,14H,1-2,4-5,7-8,12-13H2,(H,21,25)(H,20,22,24). The number of hydrogen-bond donors (Lipinski definition) is 2. The van der Waals surface area contributed by atoms with E-state index < -0.39 is 0 Å². The summed E-state index contributed by atoms with van der Waals surface area (Å²) in [6, 6.07) is 3.59. The molecular formula is C19H24N4O4S. The molecule has 0 aliphatic heterocycles. The van der Waals surface area contributed by atoms with Crippen LogP contribution in [0.3, 0.4) is 0 Å². The van der Waals surface area contributed by atoms with Crippen LogP contribution >= 0.6 is 11.3 Å². The van der Waals surface area contributed by atoms with E-state index in [2.05, 4.69) is 15.6 Å². The lowest BCUT2D eigenvalue weighted by Gasteiger charge is -2.28. The average molecular weight is 404 g/mol. The Morgan fingerprint density at radius 3 is 2.71 bits per heavy atom. The summed E-state index contributed by atoms with van der Waals surface area (Å²) in [6.07, 6.45) is 7.17. The van der Waals surface area contributed by atoms with Gasteiger partial charge in [0.25, 0.3) is 0 Å². The monoisotopic (exact) mass is 404 g/mol. The van der Waals surface area contributed by atoms with E-state index in [0.29, 0.717) is 10.9 Å². The molecule has 1 aliphatic rings. The summed E-state index contributed by atoms with van der Waals surface area (Å²) in [5.41, 5.74) is 0. The fraction of sp³-hybridized carbons (Fsp3) is 0.474. The molecule has 8 nitrogen and oxygen atoms in total. The van der Waals surface area contributed by atoms with Gasteiger partial charge in [0, 0.05) is 30.5 Å². The van der Waals surface area contributed by atoms with Gasteiger partial charge < -0.3 is 20.0 Å². The van der Waals surface area contributed by atoms with E-state index in [-0.39, 0.29) is 49.7 Å². The van der Waals surface area contributed by atoms with Crippen LogP contribution in [0.15, 0.2) is 34.4 Å². The molecule has 1 saturated carbocycles. The number of nitrogens with one attached hydrogen (secondary N) is 2. The molecule has 0 bridgehead atoms. The summed E-state index contributed by atoms with van der Waals surface area (Å²) in [5, 5.41) is 7.73. The van der Waals surface area contributed by atoms with Crippen molar-refractivity contribution in [3.05, 3.63) is 35.7 Å². The third-order valence-electron chi connectivity index (χ3n) is 4.68.